The average Bonchev–Trinajstić information content (AvgIpc) is 3.76. The molecule has 3 fully saturated rings. The van der Waals surface area contributed by atoms with Gasteiger partial charge in [0.15, 0.2) is 48.0 Å². The zero-order chi connectivity index (χ0) is 32.5. The highest BCUT2D eigenvalue weighted by atomic mass is 31.2. The number of anilines is 2. The van der Waals surface area contributed by atoms with Gasteiger partial charge in [-0.2, -0.15) is 4.98 Å². The molecule has 0 bridgehead atoms. The summed E-state index contributed by atoms with van der Waals surface area (Å²) in [5.41, 5.74) is 6.05. The summed E-state index contributed by atoms with van der Waals surface area (Å²) in [4.78, 5) is 52.4. The number of pyridine rings is 1. The minimum Gasteiger partial charge on any atom is -0.386 e. The fraction of sp³-hybridized carbons (Fsp3) is 0.500. The second kappa shape index (κ2) is 11.4. The summed E-state index contributed by atoms with van der Waals surface area (Å²) < 4.78 is 61.6. The number of rotatable bonds is 3. The van der Waals surface area contributed by atoms with Crippen molar-refractivity contribution in [3.63, 3.8) is 0 Å². The average molecular weight is 687 g/mol. The molecule has 7 rings (SSSR count). The second-order valence-corrected chi connectivity index (χ2v) is 13.6. The molecule has 46 heavy (non-hydrogen) atoms. The number of nitrogens with one attached hydrogen (secondary N) is 2. The van der Waals surface area contributed by atoms with Crippen molar-refractivity contribution in [2.45, 2.75) is 49.3 Å². The third kappa shape index (κ3) is 5.41. The normalized spacial score (nSPS) is 37.1. The van der Waals surface area contributed by atoms with Crippen LogP contribution in [0.5, 0.6) is 0 Å². The van der Waals surface area contributed by atoms with E-state index in [-0.39, 0.29) is 17.1 Å². The van der Waals surface area contributed by atoms with E-state index >= 15 is 0 Å². The van der Waals surface area contributed by atoms with Crippen molar-refractivity contribution in [2.24, 2.45) is 0 Å². The van der Waals surface area contributed by atoms with Crippen molar-refractivity contribution in [3.05, 3.63) is 35.3 Å². The molecule has 3 aliphatic rings. The lowest BCUT2D eigenvalue weighted by molar-refractivity contribution is -0.168. The van der Waals surface area contributed by atoms with Gasteiger partial charge in [-0.05, 0) is 6.07 Å². The standard InChI is InChI=1S/C22H27N9O13P2/c1-24-8-2-3-25-16-10(8)26-5-30(16)19-12(32)14-9(41-19)4-40-46(37,38)44-15-13(33)20(42-21(15)39-7-45(35,36)43-14)31-6-27-11-17(31)28-22(23)29-18(11)34/h2-3,5-6,9,12-15,19-21,32-33H,4,7H2,1H3,(H,24,25)(H,35,36)(H,37,38)(H3,23,28,29,34)/t9-,12?,13?,14+,15-,19-,20-,21+/m1/s1. The van der Waals surface area contributed by atoms with Crippen LogP contribution in [-0.2, 0) is 36.9 Å². The summed E-state index contributed by atoms with van der Waals surface area (Å²) in [6.07, 6.45) is -9.89. The van der Waals surface area contributed by atoms with Crippen LogP contribution in [0.25, 0.3) is 22.3 Å². The first-order valence-corrected chi connectivity index (χ1v) is 16.8. The van der Waals surface area contributed by atoms with Crippen molar-refractivity contribution in [3.8, 4) is 0 Å². The van der Waals surface area contributed by atoms with Crippen LogP contribution in [0, 0.1) is 0 Å². The van der Waals surface area contributed by atoms with E-state index in [4.69, 9.17) is 33.5 Å². The fourth-order valence-corrected chi connectivity index (χ4v) is 7.46. The van der Waals surface area contributed by atoms with Gasteiger partial charge in [0, 0.05) is 13.2 Å². The lowest BCUT2D eigenvalue weighted by atomic mass is 10.1. The molecule has 3 aliphatic heterocycles. The van der Waals surface area contributed by atoms with Crippen LogP contribution in [0.15, 0.2) is 29.7 Å². The van der Waals surface area contributed by atoms with Crippen LogP contribution in [-0.4, -0.2) is 111 Å². The predicted octanol–water partition coefficient (Wildman–Crippen LogP) is -1.28. The number of hydrogen-bond donors (Lipinski definition) is 7. The van der Waals surface area contributed by atoms with Gasteiger partial charge in [0.1, 0.15) is 29.9 Å². The molecular formula is C22H27N9O13P2. The molecule has 10 atom stereocenters. The Hall–Kier alpha value is -3.37. The SMILES string of the molecule is CNc1ccnc2c1ncn2[C@@H]1O[C@@H]2COP(=O)(O)O[C@@H]3C(O)[C@H](n4cnc5c(=O)[nH]c(N)nc54)O[C@@H]3OCP(=O)(O)O[C@@H]2C1O. The van der Waals surface area contributed by atoms with Gasteiger partial charge in [-0.25, -0.2) is 19.5 Å². The van der Waals surface area contributed by atoms with Crippen molar-refractivity contribution in [2.75, 3.05) is 31.1 Å². The van der Waals surface area contributed by atoms with E-state index in [9.17, 15) is 33.9 Å². The number of nitrogen functional groups attached to an aromatic ring is 1. The smallest absolute Gasteiger partial charge is 0.386 e. The van der Waals surface area contributed by atoms with Gasteiger partial charge in [0.25, 0.3) is 5.56 Å². The van der Waals surface area contributed by atoms with Crippen LogP contribution in [0.2, 0.25) is 0 Å². The first-order chi connectivity index (χ1) is 21.9. The van der Waals surface area contributed by atoms with E-state index in [1.54, 1.807) is 13.1 Å². The van der Waals surface area contributed by atoms with Gasteiger partial charge in [-0.1, -0.05) is 0 Å². The third-order valence-corrected chi connectivity index (χ3v) is 9.59. The number of H-pyrrole nitrogens is 1. The minimum absolute atomic E-state index is 0.112. The first kappa shape index (κ1) is 31.2. The quantitative estimate of drug-likeness (QED) is 0.123. The molecule has 8 N–H and O–H groups in total. The molecule has 4 aromatic rings. The van der Waals surface area contributed by atoms with Crippen LogP contribution < -0.4 is 16.6 Å². The molecule has 0 saturated carbocycles. The van der Waals surface area contributed by atoms with Gasteiger partial charge in [0.05, 0.1) is 24.9 Å². The van der Waals surface area contributed by atoms with Crippen molar-refractivity contribution < 1.29 is 56.9 Å². The highest BCUT2D eigenvalue weighted by molar-refractivity contribution is 7.52. The third-order valence-electron chi connectivity index (χ3n) is 7.55. The van der Waals surface area contributed by atoms with Crippen molar-refractivity contribution in [1.82, 2.24) is 34.1 Å². The van der Waals surface area contributed by atoms with Crippen molar-refractivity contribution in [1.29, 1.82) is 0 Å². The minimum atomic E-state index is -5.07. The predicted molar refractivity (Wildman–Crippen MR) is 151 cm³/mol. The van der Waals surface area contributed by atoms with E-state index in [0.29, 0.717) is 16.9 Å². The molecule has 0 radical (unpaired) electrons. The number of phosphoric acid groups is 1. The Morgan fingerprint density at radius 2 is 1.70 bits per heavy atom. The van der Waals surface area contributed by atoms with Gasteiger partial charge >= 0.3 is 15.4 Å². The Labute approximate surface area is 256 Å². The number of nitrogens with two attached hydrogens (primary N) is 1. The van der Waals surface area contributed by atoms with Crippen LogP contribution in [0.4, 0.5) is 11.6 Å². The number of phosphoric ester groups is 1. The van der Waals surface area contributed by atoms with Crippen molar-refractivity contribution >= 4 is 49.4 Å². The first-order valence-electron chi connectivity index (χ1n) is 13.5. The monoisotopic (exact) mass is 687 g/mol. The fourth-order valence-electron chi connectivity index (χ4n) is 5.50. The molecule has 0 aromatic carbocycles. The molecule has 3 saturated heterocycles. The molecular weight excluding hydrogens is 660 g/mol. The van der Waals surface area contributed by atoms with E-state index < -0.39 is 83.2 Å². The molecule has 22 nitrogen and oxygen atoms in total. The Bertz CT molecular complexity index is 1950. The van der Waals surface area contributed by atoms with Gasteiger partial charge in [0.2, 0.25) is 5.95 Å². The van der Waals surface area contributed by atoms with Gasteiger partial charge < -0.3 is 45.3 Å². The summed E-state index contributed by atoms with van der Waals surface area (Å²) in [6, 6.07) is 1.68. The number of aliphatic hydroxyl groups is 2. The number of hydrogen-bond acceptors (Lipinski definition) is 17. The van der Waals surface area contributed by atoms with E-state index in [1.807, 2.05) is 0 Å². The number of ether oxygens (including phenoxy) is 3. The topological polar surface area (TPSA) is 303 Å². The zero-order valence-corrected chi connectivity index (χ0v) is 25.2. The largest absolute Gasteiger partial charge is 0.472 e. The summed E-state index contributed by atoms with van der Waals surface area (Å²) in [5.74, 6) is -0.269. The molecule has 248 valence electrons. The molecule has 7 heterocycles. The summed E-state index contributed by atoms with van der Waals surface area (Å²) in [6.45, 7) is -0.773. The molecule has 0 aliphatic carbocycles. The number of aromatic amines is 1. The molecule has 0 amide bonds. The number of fused-ring (bicyclic) bond motifs is 4. The van der Waals surface area contributed by atoms with Crippen LogP contribution in [0.3, 0.4) is 0 Å². The summed E-state index contributed by atoms with van der Waals surface area (Å²) in [7, 11) is -8.14. The second-order valence-electron chi connectivity index (χ2n) is 10.5. The maximum absolute atomic E-state index is 13.2. The van der Waals surface area contributed by atoms with E-state index in [1.165, 1.54) is 17.1 Å². The highest BCUT2D eigenvalue weighted by Gasteiger charge is 2.54. The Morgan fingerprint density at radius 1 is 1.00 bits per heavy atom. The zero-order valence-electron chi connectivity index (χ0n) is 23.5. The van der Waals surface area contributed by atoms with E-state index in [2.05, 4.69) is 30.2 Å². The Balaban J connectivity index is 1.17. The number of nitrogens with zero attached hydrogens (tertiary/aromatic N) is 6. The van der Waals surface area contributed by atoms with Gasteiger partial charge in [-0.15, -0.1) is 0 Å². The molecule has 4 aromatic heterocycles. The van der Waals surface area contributed by atoms with Gasteiger partial charge in [-0.3, -0.25) is 37.0 Å². The Kier molecular flexibility index (Phi) is 7.74. The number of imidazole rings is 2. The maximum atomic E-state index is 13.2. The van der Waals surface area contributed by atoms with Crippen LogP contribution in [0.1, 0.15) is 12.5 Å². The lowest BCUT2D eigenvalue weighted by Crippen LogP contribution is -2.38. The summed E-state index contributed by atoms with van der Waals surface area (Å²) in [5, 5.41) is 25.3. The molecule has 4 unspecified atom stereocenters. The molecule has 24 heteroatoms. The lowest BCUT2D eigenvalue weighted by Gasteiger charge is -2.28. The van der Waals surface area contributed by atoms with Crippen LogP contribution >= 0.6 is 15.4 Å². The summed E-state index contributed by atoms with van der Waals surface area (Å²) >= 11 is 0. The van der Waals surface area contributed by atoms with E-state index in [0.717, 1.165) is 10.9 Å². The Morgan fingerprint density at radius 3 is 2.46 bits per heavy atom. The number of aromatic nitrogens is 7. The molecule has 0 spiro atoms. The number of aliphatic hydroxyl groups excluding tert-OH is 2. The maximum Gasteiger partial charge on any atom is 0.472 e. The highest BCUT2D eigenvalue weighted by Crippen LogP contribution is 2.53.